The van der Waals surface area contributed by atoms with Crippen LogP contribution >= 0.6 is 0 Å². The molecule has 2 N–H and O–H groups in total. The van der Waals surface area contributed by atoms with Gasteiger partial charge in [-0.1, -0.05) is 53.9 Å². The van der Waals surface area contributed by atoms with Crippen molar-refractivity contribution in [2.45, 2.75) is 45.7 Å². The lowest BCUT2D eigenvalue weighted by Crippen LogP contribution is -2.47. The molecule has 0 bridgehead atoms. The number of carbonyl (C=O) groups is 2. The molecular weight excluding hydrogens is 362 g/mol. The van der Waals surface area contributed by atoms with Gasteiger partial charge in [0.15, 0.2) is 0 Å². The van der Waals surface area contributed by atoms with Gasteiger partial charge in [-0.05, 0) is 50.9 Å². The van der Waals surface area contributed by atoms with Gasteiger partial charge in [-0.3, -0.25) is 14.5 Å². The largest absolute Gasteiger partial charge is 0.353 e. The quantitative estimate of drug-likeness (QED) is 0.759. The Kier molecular flexibility index (Phi) is 7.42. The Morgan fingerprint density at radius 1 is 1.00 bits per heavy atom. The van der Waals surface area contributed by atoms with E-state index in [1.165, 1.54) is 18.4 Å². The first kappa shape index (κ1) is 21.1. The van der Waals surface area contributed by atoms with Gasteiger partial charge in [0, 0.05) is 24.7 Å². The third-order valence-corrected chi connectivity index (χ3v) is 5.41. The molecule has 2 aromatic carbocycles. The summed E-state index contributed by atoms with van der Waals surface area (Å²) in [6.07, 6.45) is 3.47. The molecule has 3 rings (SSSR count). The minimum absolute atomic E-state index is 0.00275. The maximum atomic E-state index is 12.3. The van der Waals surface area contributed by atoms with Crippen LogP contribution in [0.1, 0.15) is 46.3 Å². The zero-order valence-corrected chi connectivity index (χ0v) is 17.4. The van der Waals surface area contributed by atoms with Crippen molar-refractivity contribution in [3.05, 3.63) is 70.8 Å². The van der Waals surface area contributed by atoms with E-state index in [9.17, 15) is 9.59 Å². The van der Waals surface area contributed by atoms with E-state index >= 15 is 0 Å². The van der Waals surface area contributed by atoms with Crippen LogP contribution in [0, 0.1) is 13.8 Å². The molecule has 1 atom stereocenters. The van der Waals surface area contributed by atoms with Crippen LogP contribution in [0.15, 0.2) is 48.5 Å². The molecule has 0 radical (unpaired) electrons. The number of piperidine rings is 1. The summed E-state index contributed by atoms with van der Waals surface area (Å²) < 4.78 is 0. The number of nitrogens with one attached hydrogen (secondary N) is 2. The number of benzene rings is 2. The van der Waals surface area contributed by atoms with Gasteiger partial charge < -0.3 is 10.6 Å². The van der Waals surface area contributed by atoms with E-state index in [1.54, 1.807) is 0 Å². The molecule has 5 heteroatoms. The van der Waals surface area contributed by atoms with E-state index in [-0.39, 0.29) is 18.4 Å². The summed E-state index contributed by atoms with van der Waals surface area (Å²) in [4.78, 5) is 27.0. The zero-order valence-electron chi connectivity index (χ0n) is 17.4. The normalized spacial score (nSPS) is 17.0. The Balaban J connectivity index is 1.46. The second kappa shape index (κ2) is 10.2. The van der Waals surface area contributed by atoms with Gasteiger partial charge in [0.25, 0.3) is 5.91 Å². The fourth-order valence-electron chi connectivity index (χ4n) is 3.98. The molecule has 0 aromatic heterocycles. The van der Waals surface area contributed by atoms with E-state index in [0.29, 0.717) is 18.2 Å². The lowest BCUT2D eigenvalue weighted by molar-refractivity contribution is -0.120. The maximum absolute atomic E-state index is 12.3. The van der Waals surface area contributed by atoms with Gasteiger partial charge in [0.1, 0.15) is 0 Å². The molecular formula is C24H31N3O2. The number of carbonyl (C=O) groups excluding carboxylic acids is 2. The van der Waals surface area contributed by atoms with Gasteiger partial charge in [-0.2, -0.15) is 0 Å². The molecule has 0 spiro atoms. The molecule has 1 fully saturated rings. The summed E-state index contributed by atoms with van der Waals surface area (Å²) in [6.45, 7) is 6.50. The number of aryl methyl sites for hydroxylation is 2. The van der Waals surface area contributed by atoms with E-state index in [1.807, 2.05) is 38.1 Å². The second-order valence-corrected chi connectivity index (χ2v) is 7.97. The van der Waals surface area contributed by atoms with Crippen LogP contribution in [-0.4, -0.2) is 42.4 Å². The first-order chi connectivity index (χ1) is 14.0. The minimum Gasteiger partial charge on any atom is -0.353 e. The number of nitrogens with zero attached hydrogens (tertiary/aromatic N) is 1. The molecule has 1 saturated heterocycles. The summed E-state index contributed by atoms with van der Waals surface area (Å²) >= 11 is 0. The number of hydrogen-bond acceptors (Lipinski definition) is 3. The summed E-state index contributed by atoms with van der Waals surface area (Å²) in [5, 5.41) is 5.73. The standard InChI is InChI=1S/C24H31N3O2/c1-18-12-19(2)14-21(13-18)24(29)26-16-23(28)25-15-22-10-6-7-11-27(22)17-20-8-4-3-5-9-20/h3-5,8-9,12-14,22H,6-7,10-11,15-17H2,1-2H3,(H,25,28)(H,26,29). The summed E-state index contributed by atoms with van der Waals surface area (Å²) in [5.74, 6) is -0.358. The number of hydrogen-bond donors (Lipinski definition) is 2. The Morgan fingerprint density at radius 3 is 2.45 bits per heavy atom. The minimum atomic E-state index is -0.213. The fourth-order valence-corrected chi connectivity index (χ4v) is 3.98. The first-order valence-electron chi connectivity index (χ1n) is 10.4. The molecule has 5 nitrogen and oxygen atoms in total. The SMILES string of the molecule is Cc1cc(C)cc(C(=O)NCC(=O)NCC2CCCCN2Cc2ccccc2)c1. The van der Waals surface area contributed by atoms with Crippen LogP contribution in [-0.2, 0) is 11.3 Å². The van der Waals surface area contributed by atoms with Crippen LogP contribution in [0.5, 0.6) is 0 Å². The Hall–Kier alpha value is -2.66. The number of rotatable bonds is 7. The van der Waals surface area contributed by atoms with Crippen molar-refractivity contribution in [3.63, 3.8) is 0 Å². The fraction of sp³-hybridized carbons (Fsp3) is 0.417. The highest BCUT2D eigenvalue weighted by Gasteiger charge is 2.23. The third kappa shape index (κ3) is 6.43. The van der Waals surface area contributed by atoms with Crippen molar-refractivity contribution in [2.24, 2.45) is 0 Å². The van der Waals surface area contributed by atoms with Gasteiger partial charge >= 0.3 is 0 Å². The van der Waals surface area contributed by atoms with E-state index in [4.69, 9.17) is 0 Å². The molecule has 1 unspecified atom stereocenters. The van der Waals surface area contributed by atoms with Crippen LogP contribution in [0.4, 0.5) is 0 Å². The Labute approximate surface area is 173 Å². The van der Waals surface area contributed by atoms with Crippen molar-refractivity contribution in [1.82, 2.24) is 15.5 Å². The van der Waals surface area contributed by atoms with Crippen molar-refractivity contribution in [3.8, 4) is 0 Å². The van der Waals surface area contributed by atoms with Crippen molar-refractivity contribution in [1.29, 1.82) is 0 Å². The smallest absolute Gasteiger partial charge is 0.251 e. The van der Waals surface area contributed by atoms with Crippen molar-refractivity contribution >= 4 is 11.8 Å². The van der Waals surface area contributed by atoms with Gasteiger partial charge in [-0.15, -0.1) is 0 Å². The van der Waals surface area contributed by atoms with Crippen LogP contribution in [0.25, 0.3) is 0 Å². The first-order valence-corrected chi connectivity index (χ1v) is 10.4. The number of likely N-dealkylation sites (tertiary alicyclic amines) is 1. The molecule has 0 aliphatic carbocycles. The molecule has 2 aromatic rings. The Morgan fingerprint density at radius 2 is 1.72 bits per heavy atom. The third-order valence-electron chi connectivity index (χ3n) is 5.41. The van der Waals surface area contributed by atoms with Crippen LogP contribution < -0.4 is 10.6 Å². The molecule has 1 aliphatic heterocycles. The average molecular weight is 394 g/mol. The predicted octanol–water partition coefficient (Wildman–Crippen LogP) is 3.20. The Bertz CT molecular complexity index is 815. The highest BCUT2D eigenvalue weighted by atomic mass is 16.2. The second-order valence-electron chi connectivity index (χ2n) is 7.97. The maximum Gasteiger partial charge on any atom is 0.251 e. The van der Waals surface area contributed by atoms with Gasteiger partial charge in [0.2, 0.25) is 5.91 Å². The molecule has 154 valence electrons. The number of amides is 2. The van der Waals surface area contributed by atoms with E-state index in [0.717, 1.165) is 30.6 Å². The lowest BCUT2D eigenvalue weighted by Gasteiger charge is -2.35. The molecule has 0 saturated carbocycles. The molecule has 1 aliphatic rings. The summed E-state index contributed by atoms with van der Waals surface area (Å²) in [5.41, 5.74) is 3.97. The molecule has 29 heavy (non-hydrogen) atoms. The highest BCUT2D eigenvalue weighted by molar-refractivity contribution is 5.96. The van der Waals surface area contributed by atoms with Crippen LogP contribution in [0.3, 0.4) is 0 Å². The lowest BCUT2D eigenvalue weighted by atomic mass is 10.0. The topological polar surface area (TPSA) is 61.4 Å². The molecule has 2 amide bonds. The van der Waals surface area contributed by atoms with Gasteiger partial charge in [0.05, 0.1) is 6.54 Å². The average Bonchev–Trinajstić information content (AvgIpc) is 2.71. The summed E-state index contributed by atoms with van der Waals surface area (Å²) in [7, 11) is 0. The predicted molar refractivity (Wildman–Crippen MR) is 116 cm³/mol. The van der Waals surface area contributed by atoms with Crippen LogP contribution in [0.2, 0.25) is 0 Å². The monoisotopic (exact) mass is 393 g/mol. The van der Waals surface area contributed by atoms with Gasteiger partial charge in [-0.25, -0.2) is 0 Å². The summed E-state index contributed by atoms with van der Waals surface area (Å²) in [6, 6.07) is 16.5. The van der Waals surface area contributed by atoms with Crippen molar-refractivity contribution in [2.75, 3.05) is 19.6 Å². The van der Waals surface area contributed by atoms with Crippen molar-refractivity contribution < 1.29 is 9.59 Å². The highest BCUT2D eigenvalue weighted by Crippen LogP contribution is 2.19. The van der Waals surface area contributed by atoms with E-state index in [2.05, 4.69) is 39.8 Å². The van der Waals surface area contributed by atoms with E-state index < -0.39 is 0 Å². The zero-order chi connectivity index (χ0) is 20.6. The molecule has 1 heterocycles.